The molecule has 0 aliphatic heterocycles. The van der Waals surface area contributed by atoms with Crippen molar-refractivity contribution in [3.63, 3.8) is 0 Å². The standard InChI is InChI=1S/C11H17BrS/c1-5-7(2)11(12)10-6-8(3)13-9(10)4/h6-7,11H,5H2,1-4H3. The van der Waals surface area contributed by atoms with Crippen LogP contribution in [0.15, 0.2) is 6.07 Å². The summed E-state index contributed by atoms with van der Waals surface area (Å²) >= 11 is 5.68. The van der Waals surface area contributed by atoms with E-state index in [0.717, 1.165) is 0 Å². The Bertz CT molecular complexity index is 278. The van der Waals surface area contributed by atoms with Crippen molar-refractivity contribution < 1.29 is 0 Å². The topological polar surface area (TPSA) is 0 Å². The second-order valence-corrected chi connectivity index (χ2v) is 6.10. The van der Waals surface area contributed by atoms with Crippen LogP contribution in [0.1, 0.15) is 40.4 Å². The van der Waals surface area contributed by atoms with E-state index < -0.39 is 0 Å². The summed E-state index contributed by atoms with van der Waals surface area (Å²) in [4.78, 5) is 3.40. The molecule has 74 valence electrons. The maximum atomic E-state index is 3.78. The molecule has 13 heavy (non-hydrogen) atoms. The summed E-state index contributed by atoms with van der Waals surface area (Å²) in [5.74, 6) is 0.715. The molecule has 2 heteroatoms. The summed E-state index contributed by atoms with van der Waals surface area (Å²) < 4.78 is 0. The van der Waals surface area contributed by atoms with Crippen molar-refractivity contribution in [3.05, 3.63) is 21.4 Å². The van der Waals surface area contributed by atoms with Gasteiger partial charge in [0.1, 0.15) is 0 Å². The molecule has 0 bridgehead atoms. The van der Waals surface area contributed by atoms with E-state index >= 15 is 0 Å². The van der Waals surface area contributed by atoms with Crippen LogP contribution in [0.4, 0.5) is 0 Å². The first-order chi connectivity index (χ1) is 6.06. The Hall–Kier alpha value is 0.180. The first-order valence-electron chi connectivity index (χ1n) is 4.77. The lowest BCUT2D eigenvalue weighted by Gasteiger charge is -2.16. The maximum absolute atomic E-state index is 3.78. The minimum Gasteiger partial charge on any atom is -0.146 e. The molecule has 2 unspecified atom stereocenters. The van der Waals surface area contributed by atoms with E-state index in [2.05, 4.69) is 49.7 Å². The van der Waals surface area contributed by atoms with Crippen molar-refractivity contribution in [3.8, 4) is 0 Å². The molecule has 0 nitrogen and oxygen atoms in total. The molecule has 0 fully saturated rings. The van der Waals surface area contributed by atoms with E-state index in [0.29, 0.717) is 10.7 Å². The second-order valence-electron chi connectivity index (χ2n) is 3.66. The molecular weight excluding hydrogens is 244 g/mol. The van der Waals surface area contributed by atoms with E-state index in [4.69, 9.17) is 0 Å². The third-order valence-electron chi connectivity index (χ3n) is 2.52. The van der Waals surface area contributed by atoms with Crippen molar-refractivity contribution in [2.45, 2.75) is 38.9 Å². The fourth-order valence-electron chi connectivity index (χ4n) is 1.44. The van der Waals surface area contributed by atoms with E-state index in [1.807, 2.05) is 11.3 Å². The third-order valence-corrected chi connectivity index (χ3v) is 4.90. The highest BCUT2D eigenvalue weighted by molar-refractivity contribution is 9.09. The van der Waals surface area contributed by atoms with Crippen LogP contribution >= 0.6 is 27.3 Å². The molecule has 1 aromatic heterocycles. The molecule has 0 aliphatic carbocycles. The average molecular weight is 261 g/mol. The van der Waals surface area contributed by atoms with Gasteiger partial charge in [0.05, 0.1) is 0 Å². The van der Waals surface area contributed by atoms with Crippen LogP contribution in [0.5, 0.6) is 0 Å². The van der Waals surface area contributed by atoms with Crippen LogP contribution in [0.2, 0.25) is 0 Å². The van der Waals surface area contributed by atoms with Crippen LogP contribution in [-0.4, -0.2) is 0 Å². The fraction of sp³-hybridized carbons (Fsp3) is 0.636. The van der Waals surface area contributed by atoms with Gasteiger partial charge in [0.25, 0.3) is 0 Å². The zero-order valence-corrected chi connectivity index (χ0v) is 11.1. The number of rotatable bonds is 3. The predicted molar refractivity (Wildman–Crippen MR) is 64.9 cm³/mol. The molecule has 0 radical (unpaired) electrons. The van der Waals surface area contributed by atoms with Gasteiger partial charge in [0.15, 0.2) is 0 Å². The van der Waals surface area contributed by atoms with Gasteiger partial charge in [-0.05, 0) is 31.4 Å². The van der Waals surface area contributed by atoms with Gasteiger partial charge in [-0.3, -0.25) is 0 Å². The average Bonchev–Trinajstić information content (AvgIpc) is 2.42. The van der Waals surface area contributed by atoms with Crippen molar-refractivity contribution in [2.75, 3.05) is 0 Å². The maximum Gasteiger partial charge on any atom is 0.0431 e. The summed E-state index contributed by atoms with van der Waals surface area (Å²) in [5.41, 5.74) is 1.48. The van der Waals surface area contributed by atoms with E-state index in [-0.39, 0.29) is 0 Å². The van der Waals surface area contributed by atoms with Crippen LogP contribution in [0, 0.1) is 19.8 Å². The summed E-state index contributed by atoms with van der Waals surface area (Å²) in [5, 5.41) is 0. The van der Waals surface area contributed by atoms with Crippen LogP contribution in [-0.2, 0) is 0 Å². The van der Waals surface area contributed by atoms with E-state index in [1.54, 1.807) is 0 Å². The first kappa shape index (κ1) is 11.3. The molecule has 1 heterocycles. The van der Waals surface area contributed by atoms with Gasteiger partial charge in [0.2, 0.25) is 0 Å². The fourth-order valence-corrected chi connectivity index (χ4v) is 3.41. The Balaban J connectivity index is 2.87. The summed E-state index contributed by atoms with van der Waals surface area (Å²) in [6.45, 7) is 8.93. The molecule has 0 saturated heterocycles. The monoisotopic (exact) mass is 260 g/mol. The number of hydrogen-bond donors (Lipinski definition) is 0. The number of alkyl halides is 1. The third kappa shape index (κ3) is 2.57. The zero-order valence-electron chi connectivity index (χ0n) is 8.73. The Morgan fingerprint density at radius 1 is 1.46 bits per heavy atom. The lowest BCUT2D eigenvalue weighted by molar-refractivity contribution is 0.555. The number of hydrogen-bond acceptors (Lipinski definition) is 1. The number of thiophene rings is 1. The normalized spacial score (nSPS) is 15.8. The lowest BCUT2D eigenvalue weighted by atomic mass is 9.99. The smallest absolute Gasteiger partial charge is 0.0431 e. The number of aryl methyl sites for hydroxylation is 2. The van der Waals surface area contributed by atoms with Gasteiger partial charge in [0, 0.05) is 14.6 Å². The summed E-state index contributed by atoms with van der Waals surface area (Å²) in [6.07, 6.45) is 1.23. The van der Waals surface area contributed by atoms with Gasteiger partial charge in [-0.2, -0.15) is 0 Å². The molecule has 1 aromatic rings. The Labute approximate surface area is 93.5 Å². The predicted octanol–water partition coefficient (Wildman–Crippen LogP) is 4.85. The molecule has 0 aromatic carbocycles. The van der Waals surface area contributed by atoms with E-state index in [9.17, 15) is 0 Å². The zero-order chi connectivity index (χ0) is 10.0. The van der Waals surface area contributed by atoms with Gasteiger partial charge in [-0.15, -0.1) is 11.3 Å². The van der Waals surface area contributed by atoms with Crippen molar-refractivity contribution in [1.29, 1.82) is 0 Å². The first-order valence-corrected chi connectivity index (χ1v) is 6.50. The molecular formula is C11H17BrS. The molecule has 0 N–H and O–H groups in total. The highest BCUT2D eigenvalue weighted by Crippen LogP contribution is 2.37. The van der Waals surface area contributed by atoms with Gasteiger partial charge in [-0.25, -0.2) is 0 Å². The summed E-state index contributed by atoms with van der Waals surface area (Å²) in [7, 11) is 0. The number of halogens is 1. The highest BCUT2D eigenvalue weighted by atomic mass is 79.9. The quantitative estimate of drug-likeness (QED) is 0.682. The molecule has 0 amide bonds. The van der Waals surface area contributed by atoms with Gasteiger partial charge in [-0.1, -0.05) is 36.2 Å². The highest BCUT2D eigenvalue weighted by Gasteiger charge is 2.17. The molecule has 1 rings (SSSR count). The Kier molecular flexibility index (Phi) is 3.99. The molecule has 0 aliphatic rings. The van der Waals surface area contributed by atoms with Crippen molar-refractivity contribution in [1.82, 2.24) is 0 Å². The van der Waals surface area contributed by atoms with Gasteiger partial charge >= 0.3 is 0 Å². The molecule has 0 saturated carbocycles. The van der Waals surface area contributed by atoms with Crippen LogP contribution in [0.25, 0.3) is 0 Å². The Morgan fingerprint density at radius 2 is 2.08 bits per heavy atom. The second kappa shape index (κ2) is 4.61. The minimum atomic E-state index is 0.530. The van der Waals surface area contributed by atoms with Crippen LogP contribution in [0.3, 0.4) is 0 Å². The molecule has 0 spiro atoms. The minimum absolute atomic E-state index is 0.530. The van der Waals surface area contributed by atoms with Crippen molar-refractivity contribution in [2.24, 2.45) is 5.92 Å². The lowest BCUT2D eigenvalue weighted by Crippen LogP contribution is -2.01. The Morgan fingerprint density at radius 3 is 2.46 bits per heavy atom. The largest absolute Gasteiger partial charge is 0.146 e. The van der Waals surface area contributed by atoms with Crippen molar-refractivity contribution >= 4 is 27.3 Å². The van der Waals surface area contributed by atoms with Gasteiger partial charge < -0.3 is 0 Å². The van der Waals surface area contributed by atoms with Crippen LogP contribution < -0.4 is 0 Å². The molecule has 2 atom stereocenters. The summed E-state index contributed by atoms with van der Waals surface area (Å²) in [6, 6.07) is 2.31. The SMILES string of the molecule is CCC(C)C(Br)c1cc(C)sc1C. The van der Waals surface area contributed by atoms with E-state index in [1.165, 1.54) is 21.7 Å².